The topological polar surface area (TPSA) is 48.3 Å². The molecule has 2 rings (SSSR count). The second-order valence-corrected chi connectivity index (χ2v) is 5.27. The molecule has 17 heavy (non-hydrogen) atoms. The zero-order valence-electron chi connectivity index (χ0n) is 9.41. The van der Waals surface area contributed by atoms with E-state index >= 15 is 0 Å². The van der Waals surface area contributed by atoms with Gasteiger partial charge in [-0.15, -0.1) is 0 Å². The van der Waals surface area contributed by atoms with Crippen molar-refractivity contribution in [3.63, 3.8) is 0 Å². The van der Waals surface area contributed by atoms with Gasteiger partial charge in [0.1, 0.15) is 5.75 Å². The molecule has 5 heteroatoms. The lowest BCUT2D eigenvalue weighted by atomic mass is 10.3. The Balaban J connectivity index is 2.35. The Hall–Kier alpha value is -1.75. The Morgan fingerprint density at radius 3 is 2.24 bits per heavy atom. The average molecular weight is 251 g/mol. The number of ether oxygens (including phenoxy) is 1. The Bertz CT molecular complexity index is 571. The van der Waals surface area contributed by atoms with Crippen molar-refractivity contribution in [3.05, 3.63) is 48.8 Å². The number of hydrogen-bond acceptors (Lipinski definition) is 3. The fourth-order valence-corrected chi connectivity index (χ4v) is 2.66. The number of nitrogens with zero attached hydrogens (tertiary/aromatic N) is 1. The van der Waals surface area contributed by atoms with E-state index in [0.29, 0.717) is 12.4 Å². The molecule has 0 spiro atoms. The standard InChI is InChI=1S/C12H13NO3S/c1-2-16-11-5-7-12(8-6-11)17(14,15)13-9-3-4-10-13/h3-10H,2H2,1H3. The molecule has 0 N–H and O–H groups in total. The highest BCUT2D eigenvalue weighted by Gasteiger charge is 2.15. The van der Waals surface area contributed by atoms with Crippen molar-refractivity contribution in [2.75, 3.05) is 6.61 Å². The first kappa shape index (κ1) is 11.7. The Morgan fingerprint density at radius 1 is 1.12 bits per heavy atom. The summed E-state index contributed by atoms with van der Waals surface area (Å²) in [5.74, 6) is 0.666. The van der Waals surface area contributed by atoms with E-state index in [2.05, 4.69) is 0 Å². The molecule has 0 amide bonds. The average Bonchev–Trinajstić information content (AvgIpc) is 2.84. The Morgan fingerprint density at radius 2 is 1.71 bits per heavy atom. The Labute approximate surface area is 101 Å². The van der Waals surface area contributed by atoms with E-state index in [-0.39, 0.29) is 4.90 Å². The van der Waals surface area contributed by atoms with Crippen LogP contribution in [0.5, 0.6) is 5.75 Å². The van der Waals surface area contributed by atoms with E-state index in [9.17, 15) is 8.42 Å². The van der Waals surface area contributed by atoms with E-state index in [0.717, 1.165) is 0 Å². The van der Waals surface area contributed by atoms with Gasteiger partial charge in [0.15, 0.2) is 0 Å². The molecule has 0 aliphatic rings. The highest BCUT2D eigenvalue weighted by Crippen LogP contribution is 2.18. The van der Waals surface area contributed by atoms with Gasteiger partial charge in [0.25, 0.3) is 10.0 Å². The molecule has 1 heterocycles. The maximum Gasteiger partial charge on any atom is 0.267 e. The molecule has 0 aliphatic heterocycles. The van der Waals surface area contributed by atoms with Crippen molar-refractivity contribution in [2.45, 2.75) is 11.8 Å². The van der Waals surface area contributed by atoms with Crippen LogP contribution in [0.2, 0.25) is 0 Å². The zero-order chi connectivity index (χ0) is 12.3. The number of benzene rings is 1. The van der Waals surface area contributed by atoms with Crippen molar-refractivity contribution in [2.24, 2.45) is 0 Å². The SMILES string of the molecule is CCOc1ccc(S(=O)(=O)n2cccc2)cc1. The number of hydrogen-bond donors (Lipinski definition) is 0. The summed E-state index contributed by atoms with van der Waals surface area (Å²) in [5.41, 5.74) is 0. The maximum atomic E-state index is 12.1. The summed E-state index contributed by atoms with van der Waals surface area (Å²) in [6.45, 7) is 2.44. The second-order valence-electron chi connectivity index (χ2n) is 3.42. The van der Waals surface area contributed by atoms with Gasteiger partial charge in [-0.05, 0) is 43.3 Å². The molecule has 0 aliphatic carbocycles. The molecule has 0 saturated heterocycles. The summed E-state index contributed by atoms with van der Waals surface area (Å²) in [5, 5.41) is 0. The maximum absolute atomic E-state index is 12.1. The molecule has 90 valence electrons. The van der Waals surface area contributed by atoms with Gasteiger partial charge in [-0.3, -0.25) is 0 Å². The quantitative estimate of drug-likeness (QED) is 0.836. The first-order chi connectivity index (χ1) is 8.14. The molecule has 0 bridgehead atoms. The summed E-state index contributed by atoms with van der Waals surface area (Å²) >= 11 is 0. The van der Waals surface area contributed by atoms with Gasteiger partial charge < -0.3 is 4.74 Å². The lowest BCUT2D eigenvalue weighted by Crippen LogP contribution is -2.10. The summed E-state index contributed by atoms with van der Waals surface area (Å²) in [6.07, 6.45) is 3.01. The first-order valence-corrected chi connectivity index (χ1v) is 6.70. The van der Waals surface area contributed by atoms with E-state index in [1.54, 1.807) is 36.4 Å². The predicted molar refractivity (Wildman–Crippen MR) is 64.6 cm³/mol. The largest absolute Gasteiger partial charge is 0.494 e. The summed E-state index contributed by atoms with van der Waals surface area (Å²) < 4.78 is 30.6. The molecule has 0 atom stereocenters. The molecular weight excluding hydrogens is 238 g/mol. The fraction of sp³-hybridized carbons (Fsp3) is 0.167. The van der Waals surface area contributed by atoms with Crippen LogP contribution in [0.3, 0.4) is 0 Å². The van der Waals surface area contributed by atoms with E-state index in [1.807, 2.05) is 6.92 Å². The molecular formula is C12H13NO3S. The van der Waals surface area contributed by atoms with Gasteiger partial charge in [0.2, 0.25) is 0 Å². The molecule has 0 fully saturated rings. The van der Waals surface area contributed by atoms with Crippen LogP contribution < -0.4 is 4.74 Å². The van der Waals surface area contributed by atoms with Crippen LogP contribution in [0.4, 0.5) is 0 Å². The third-order valence-electron chi connectivity index (χ3n) is 2.29. The van der Waals surface area contributed by atoms with Crippen LogP contribution >= 0.6 is 0 Å². The third-order valence-corrected chi connectivity index (χ3v) is 3.95. The van der Waals surface area contributed by atoms with Crippen molar-refractivity contribution in [1.29, 1.82) is 0 Å². The summed E-state index contributed by atoms with van der Waals surface area (Å²) in [4.78, 5) is 0.247. The van der Waals surface area contributed by atoms with Crippen molar-refractivity contribution in [3.8, 4) is 5.75 Å². The smallest absolute Gasteiger partial charge is 0.267 e. The monoisotopic (exact) mass is 251 g/mol. The first-order valence-electron chi connectivity index (χ1n) is 5.26. The molecule has 0 unspecified atom stereocenters. The van der Waals surface area contributed by atoms with Gasteiger partial charge in [-0.1, -0.05) is 0 Å². The third kappa shape index (κ3) is 2.34. The van der Waals surface area contributed by atoms with Gasteiger partial charge in [0.05, 0.1) is 11.5 Å². The van der Waals surface area contributed by atoms with Gasteiger partial charge in [-0.25, -0.2) is 12.4 Å². The molecule has 0 saturated carbocycles. The van der Waals surface area contributed by atoms with Gasteiger partial charge in [-0.2, -0.15) is 0 Å². The number of aromatic nitrogens is 1. The minimum absolute atomic E-state index is 0.247. The van der Waals surface area contributed by atoms with Crippen molar-refractivity contribution < 1.29 is 13.2 Å². The lowest BCUT2D eigenvalue weighted by Gasteiger charge is -2.07. The molecule has 0 radical (unpaired) electrons. The molecule has 2 aromatic rings. The van der Waals surface area contributed by atoms with E-state index < -0.39 is 10.0 Å². The number of rotatable bonds is 4. The van der Waals surface area contributed by atoms with E-state index in [4.69, 9.17) is 4.74 Å². The van der Waals surface area contributed by atoms with Crippen molar-refractivity contribution in [1.82, 2.24) is 3.97 Å². The van der Waals surface area contributed by atoms with Crippen molar-refractivity contribution >= 4 is 10.0 Å². The highest BCUT2D eigenvalue weighted by atomic mass is 32.2. The molecule has 1 aromatic carbocycles. The van der Waals surface area contributed by atoms with Crippen LogP contribution in [-0.2, 0) is 10.0 Å². The van der Waals surface area contributed by atoms with Crippen LogP contribution in [0.1, 0.15) is 6.92 Å². The molecule has 4 nitrogen and oxygen atoms in total. The summed E-state index contributed by atoms with van der Waals surface area (Å²) in [6, 6.07) is 9.73. The zero-order valence-corrected chi connectivity index (χ0v) is 10.2. The van der Waals surface area contributed by atoms with Gasteiger partial charge >= 0.3 is 0 Å². The lowest BCUT2D eigenvalue weighted by molar-refractivity contribution is 0.340. The van der Waals surface area contributed by atoms with Crippen LogP contribution in [0.25, 0.3) is 0 Å². The normalized spacial score (nSPS) is 11.4. The molecule has 1 aromatic heterocycles. The predicted octanol–water partition coefficient (Wildman–Crippen LogP) is 2.12. The fourth-order valence-electron chi connectivity index (χ4n) is 1.48. The minimum Gasteiger partial charge on any atom is -0.494 e. The second kappa shape index (κ2) is 4.63. The van der Waals surface area contributed by atoms with Crippen LogP contribution in [0.15, 0.2) is 53.7 Å². The summed E-state index contributed by atoms with van der Waals surface area (Å²) in [7, 11) is -3.47. The highest BCUT2D eigenvalue weighted by molar-refractivity contribution is 7.90. The van der Waals surface area contributed by atoms with Crippen LogP contribution in [-0.4, -0.2) is 19.0 Å². The van der Waals surface area contributed by atoms with Crippen LogP contribution in [0, 0.1) is 0 Å². The Kier molecular flexibility index (Phi) is 3.19. The van der Waals surface area contributed by atoms with Gasteiger partial charge in [0, 0.05) is 12.4 Å². The van der Waals surface area contributed by atoms with E-state index in [1.165, 1.54) is 16.4 Å². The minimum atomic E-state index is -3.47.